The smallest absolute Gasteiger partial charge is 0.436 e. The number of rotatable bonds is 4. The van der Waals surface area contributed by atoms with Crippen molar-refractivity contribution in [3.05, 3.63) is 82.4 Å². The number of carbonyl (C=O) groups is 1. The lowest BCUT2D eigenvalue weighted by Crippen LogP contribution is -2.51. The van der Waals surface area contributed by atoms with E-state index in [-0.39, 0.29) is 30.7 Å². The van der Waals surface area contributed by atoms with Crippen molar-refractivity contribution >= 4 is 17.1 Å². The first-order chi connectivity index (χ1) is 20.8. The van der Waals surface area contributed by atoms with Crippen LogP contribution < -0.4 is 14.3 Å². The lowest BCUT2D eigenvalue weighted by Gasteiger charge is -2.39. The molecule has 0 atom stereocenters. The van der Waals surface area contributed by atoms with Crippen molar-refractivity contribution in [1.29, 1.82) is 0 Å². The summed E-state index contributed by atoms with van der Waals surface area (Å²) in [6, 6.07) is 14.9. The monoisotopic (exact) mass is 597 g/mol. The molecule has 3 aliphatic rings. The Morgan fingerprint density at radius 2 is 1.47 bits per heavy atom. The maximum absolute atomic E-state index is 13.2. The predicted octanol–water partition coefficient (Wildman–Crippen LogP) is 4.14. The third kappa shape index (κ3) is 5.44. The molecule has 0 N–H and O–H groups in total. The average molecular weight is 598 g/mol. The van der Waals surface area contributed by atoms with Gasteiger partial charge in [-0.05, 0) is 58.8 Å². The fourth-order valence-electron chi connectivity index (χ4n) is 5.61. The van der Waals surface area contributed by atoms with E-state index in [0.717, 1.165) is 50.7 Å². The van der Waals surface area contributed by atoms with E-state index in [1.165, 1.54) is 11.0 Å². The van der Waals surface area contributed by atoms with E-state index in [1.54, 1.807) is 0 Å². The van der Waals surface area contributed by atoms with Crippen LogP contribution in [0.3, 0.4) is 0 Å². The highest BCUT2D eigenvalue weighted by Crippen LogP contribution is 2.37. The van der Waals surface area contributed by atoms with Gasteiger partial charge in [0.15, 0.2) is 13.6 Å². The van der Waals surface area contributed by atoms with E-state index in [0.29, 0.717) is 39.4 Å². The van der Waals surface area contributed by atoms with Crippen LogP contribution in [-0.2, 0) is 28.9 Å². The molecule has 0 radical (unpaired) electrons. The minimum atomic E-state index is -4.56. The zero-order chi connectivity index (χ0) is 29.6. The molecule has 4 aromatic rings. The third-order valence-electron chi connectivity index (χ3n) is 7.76. The van der Waals surface area contributed by atoms with Gasteiger partial charge in [-0.1, -0.05) is 17.0 Å². The number of piperazine rings is 1. The maximum atomic E-state index is 13.2. The fourth-order valence-corrected chi connectivity index (χ4v) is 5.61. The highest BCUT2D eigenvalue weighted by atomic mass is 19.4. The van der Waals surface area contributed by atoms with Crippen molar-refractivity contribution in [2.45, 2.75) is 25.4 Å². The Morgan fingerprint density at radius 1 is 0.837 bits per heavy atom. The van der Waals surface area contributed by atoms with Gasteiger partial charge < -0.3 is 23.8 Å². The van der Waals surface area contributed by atoms with Crippen molar-refractivity contribution in [2.24, 2.45) is 0 Å². The second kappa shape index (κ2) is 11.0. The Bertz CT molecular complexity index is 1610. The molecule has 7 rings (SSSR count). The second-order valence-corrected chi connectivity index (χ2v) is 10.4. The molecule has 1 saturated heterocycles. The number of hydrogen-bond donors (Lipinski definition) is 0. The number of halogens is 3. The average Bonchev–Trinajstić information content (AvgIpc) is 3.43. The largest absolute Gasteiger partial charge is 0.467 e. The standard InChI is InChI=1S/C29H26F3N5O6/c30-29(31,32)22-3-4-23-24(13-22)37(34-33-23)43-28(38)36-9-7-35(8-10-36)27(18-1-5-25-20(11-18)14-39-16-41-25)19-2-6-26-21(12-19)15-40-17-42-26/h1-6,11-13,27H,7-10,14-17H2. The van der Waals surface area contributed by atoms with Crippen LogP contribution in [-0.4, -0.2) is 70.8 Å². The van der Waals surface area contributed by atoms with Crippen molar-refractivity contribution in [1.82, 2.24) is 25.0 Å². The third-order valence-corrected chi connectivity index (χ3v) is 7.76. The number of aromatic nitrogens is 3. The topological polar surface area (TPSA) is 100 Å². The van der Waals surface area contributed by atoms with E-state index < -0.39 is 17.8 Å². The van der Waals surface area contributed by atoms with Gasteiger partial charge >= 0.3 is 12.3 Å². The van der Waals surface area contributed by atoms with Crippen LogP contribution >= 0.6 is 0 Å². The number of fused-ring (bicyclic) bond motifs is 3. The first kappa shape index (κ1) is 27.4. The Balaban J connectivity index is 1.11. The molecule has 0 saturated carbocycles. The van der Waals surface area contributed by atoms with Gasteiger partial charge in [-0.3, -0.25) is 9.74 Å². The van der Waals surface area contributed by atoms with E-state index in [9.17, 15) is 18.0 Å². The van der Waals surface area contributed by atoms with Crippen LogP contribution in [0.2, 0.25) is 0 Å². The number of benzene rings is 3. The van der Waals surface area contributed by atoms with Gasteiger partial charge in [0.25, 0.3) is 0 Å². The predicted molar refractivity (Wildman–Crippen MR) is 143 cm³/mol. The molecule has 11 nitrogen and oxygen atoms in total. The minimum Gasteiger partial charge on any atom is -0.467 e. The molecule has 3 aliphatic heterocycles. The molecule has 0 bridgehead atoms. The lowest BCUT2D eigenvalue weighted by atomic mass is 9.93. The summed E-state index contributed by atoms with van der Waals surface area (Å²) in [5.74, 6) is 1.58. The SMILES string of the molecule is O=C(On1nnc2ccc(C(F)(F)F)cc21)N1CCN(C(c2ccc3c(c2)COCO3)c2ccc3c(c2)COCO3)CC1. The summed E-state index contributed by atoms with van der Waals surface area (Å²) in [6.45, 7) is 2.98. The summed E-state index contributed by atoms with van der Waals surface area (Å²) < 4.78 is 61.9. The van der Waals surface area contributed by atoms with Crippen LogP contribution in [0.5, 0.6) is 11.5 Å². The molecular weight excluding hydrogens is 571 g/mol. The van der Waals surface area contributed by atoms with Crippen LogP contribution in [0.4, 0.5) is 18.0 Å². The first-order valence-electron chi connectivity index (χ1n) is 13.6. The zero-order valence-electron chi connectivity index (χ0n) is 22.7. The lowest BCUT2D eigenvalue weighted by molar-refractivity contribution is -0.137. The first-order valence-corrected chi connectivity index (χ1v) is 13.6. The van der Waals surface area contributed by atoms with Crippen LogP contribution in [0.1, 0.15) is 33.9 Å². The van der Waals surface area contributed by atoms with Crippen LogP contribution in [0, 0.1) is 0 Å². The molecule has 1 amide bonds. The molecule has 43 heavy (non-hydrogen) atoms. The number of carbonyl (C=O) groups excluding carboxylic acids is 1. The van der Waals surface area contributed by atoms with Gasteiger partial charge in [0, 0.05) is 37.3 Å². The van der Waals surface area contributed by atoms with Gasteiger partial charge in [-0.2, -0.15) is 13.2 Å². The van der Waals surface area contributed by atoms with E-state index in [2.05, 4.69) is 27.3 Å². The number of hydrogen-bond acceptors (Lipinski definition) is 9. The minimum absolute atomic E-state index is 0.0531. The van der Waals surface area contributed by atoms with E-state index in [1.807, 2.05) is 24.3 Å². The molecule has 224 valence electrons. The maximum Gasteiger partial charge on any atom is 0.436 e. The number of amides is 1. The zero-order valence-corrected chi connectivity index (χ0v) is 22.7. The summed E-state index contributed by atoms with van der Waals surface area (Å²) in [5, 5.41) is 7.53. The molecule has 4 heterocycles. The van der Waals surface area contributed by atoms with E-state index >= 15 is 0 Å². The summed E-state index contributed by atoms with van der Waals surface area (Å²) in [5.41, 5.74) is 3.22. The van der Waals surface area contributed by atoms with Crippen molar-refractivity contribution in [3.8, 4) is 11.5 Å². The van der Waals surface area contributed by atoms with Gasteiger partial charge in [-0.25, -0.2) is 4.79 Å². The number of alkyl halides is 3. The van der Waals surface area contributed by atoms with Crippen molar-refractivity contribution < 1.29 is 41.8 Å². The molecule has 0 aliphatic carbocycles. The summed E-state index contributed by atoms with van der Waals surface area (Å²) >= 11 is 0. The van der Waals surface area contributed by atoms with Gasteiger partial charge in [0.1, 0.15) is 22.5 Å². The van der Waals surface area contributed by atoms with Crippen molar-refractivity contribution in [2.75, 3.05) is 39.8 Å². The summed E-state index contributed by atoms with van der Waals surface area (Å²) in [4.78, 5) is 22.9. The number of ether oxygens (including phenoxy) is 4. The summed E-state index contributed by atoms with van der Waals surface area (Å²) in [7, 11) is 0. The van der Waals surface area contributed by atoms with Gasteiger partial charge in [0.2, 0.25) is 0 Å². The van der Waals surface area contributed by atoms with Crippen molar-refractivity contribution in [3.63, 3.8) is 0 Å². The molecule has 1 fully saturated rings. The molecular formula is C29H26F3N5O6. The fraction of sp³-hybridized carbons (Fsp3) is 0.345. The Labute approximate surface area is 243 Å². The van der Waals surface area contributed by atoms with E-state index in [4.69, 9.17) is 23.8 Å². The highest BCUT2D eigenvalue weighted by molar-refractivity contribution is 5.76. The molecule has 1 aromatic heterocycles. The molecule has 3 aromatic carbocycles. The highest BCUT2D eigenvalue weighted by Gasteiger charge is 2.33. The molecule has 0 spiro atoms. The Kier molecular flexibility index (Phi) is 7.03. The van der Waals surface area contributed by atoms with Gasteiger partial charge in [0.05, 0.1) is 24.8 Å². The quantitative estimate of drug-likeness (QED) is 0.322. The second-order valence-electron chi connectivity index (χ2n) is 10.4. The Morgan fingerprint density at radius 3 is 2.07 bits per heavy atom. The Hall–Kier alpha value is -4.40. The van der Waals surface area contributed by atoms with Gasteiger partial charge in [-0.15, -0.1) is 5.10 Å². The normalized spacial score (nSPS) is 17.3. The number of nitrogens with zero attached hydrogens (tertiary/aromatic N) is 5. The summed E-state index contributed by atoms with van der Waals surface area (Å²) in [6.07, 6.45) is -5.29. The van der Waals surface area contributed by atoms with Crippen LogP contribution in [0.15, 0.2) is 54.6 Å². The van der Waals surface area contributed by atoms with Crippen LogP contribution in [0.25, 0.3) is 11.0 Å². The molecule has 14 heteroatoms. The molecule has 0 unspecified atom stereocenters.